The highest BCUT2D eigenvalue weighted by Crippen LogP contribution is 2.23. The summed E-state index contributed by atoms with van der Waals surface area (Å²) in [5, 5.41) is 2.79. The lowest BCUT2D eigenvalue weighted by Gasteiger charge is -2.19. The maximum Gasteiger partial charge on any atom is 0.261 e. The summed E-state index contributed by atoms with van der Waals surface area (Å²) in [6, 6.07) is 20.4. The normalized spacial score (nSPS) is 11.7. The summed E-state index contributed by atoms with van der Waals surface area (Å²) in [6.07, 6.45) is 0. The summed E-state index contributed by atoms with van der Waals surface area (Å²) in [6.45, 7) is 6.34. The number of sulfonamides is 1. The number of nitrogens with one attached hydrogen (secondary N) is 2. The molecule has 0 radical (unpaired) electrons. The van der Waals surface area contributed by atoms with Gasteiger partial charge in [-0.05, 0) is 71.6 Å². The van der Waals surface area contributed by atoms with Crippen molar-refractivity contribution in [1.82, 2.24) is 0 Å². The second-order valence-electron chi connectivity index (χ2n) is 7.92. The molecule has 0 aliphatic rings. The third kappa shape index (κ3) is 5.49. The number of halogens is 1. The zero-order valence-electron chi connectivity index (χ0n) is 16.9. The van der Waals surface area contributed by atoms with E-state index in [1.54, 1.807) is 48.5 Å². The summed E-state index contributed by atoms with van der Waals surface area (Å²) in [4.78, 5) is 12.6. The molecular formula is C23H23BrN2O3S. The lowest BCUT2D eigenvalue weighted by Crippen LogP contribution is -2.15. The minimum Gasteiger partial charge on any atom is -0.322 e. The highest BCUT2D eigenvalue weighted by atomic mass is 79.9. The zero-order valence-corrected chi connectivity index (χ0v) is 19.3. The molecule has 5 nitrogen and oxygen atoms in total. The van der Waals surface area contributed by atoms with Gasteiger partial charge >= 0.3 is 0 Å². The van der Waals surface area contributed by atoms with Gasteiger partial charge in [0, 0.05) is 21.4 Å². The van der Waals surface area contributed by atoms with Gasteiger partial charge in [0.2, 0.25) is 0 Å². The first-order valence-corrected chi connectivity index (χ1v) is 11.6. The standard InChI is InChI=1S/C23H23BrN2O3S/c1-23(2,3)17-6-4-16(5-7-17)22(27)25-19-12-14-21(15-13-19)30(28,29)26-20-10-8-18(24)9-11-20/h4-15,26H,1-3H3,(H,25,27). The van der Waals surface area contributed by atoms with Gasteiger partial charge in [-0.3, -0.25) is 9.52 Å². The second-order valence-corrected chi connectivity index (χ2v) is 10.5. The molecule has 0 aromatic heterocycles. The van der Waals surface area contributed by atoms with Crippen LogP contribution >= 0.6 is 15.9 Å². The minimum atomic E-state index is -3.72. The Balaban J connectivity index is 1.69. The van der Waals surface area contributed by atoms with E-state index in [9.17, 15) is 13.2 Å². The lowest BCUT2D eigenvalue weighted by atomic mass is 9.87. The first-order valence-electron chi connectivity index (χ1n) is 9.35. The summed E-state index contributed by atoms with van der Waals surface area (Å²) >= 11 is 3.31. The van der Waals surface area contributed by atoms with Crippen LogP contribution in [0.5, 0.6) is 0 Å². The molecule has 0 fully saturated rings. The van der Waals surface area contributed by atoms with Gasteiger partial charge < -0.3 is 5.32 Å². The Labute approximate surface area is 185 Å². The first-order chi connectivity index (χ1) is 14.0. The van der Waals surface area contributed by atoms with Crippen LogP contribution in [0.15, 0.2) is 82.2 Å². The summed E-state index contributed by atoms with van der Waals surface area (Å²) < 4.78 is 28.5. The molecular weight excluding hydrogens is 464 g/mol. The van der Waals surface area contributed by atoms with Crippen LogP contribution in [-0.4, -0.2) is 14.3 Å². The number of anilines is 2. The molecule has 0 bridgehead atoms. The van der Waals surface area contributed by atoms with Crippen LogP contribution in [0.4, 0.5) is 11.4 Å². The van der Waals surface area contributed by atoms with Crippen LogP contribution < -0.4 is 10.0 Å². The molecule has 0 unspecified atom stereocenters. The van der Waals surface area contributed by atoms with Crippen LogP contribution in [-0.2, 0) is 15.4 Å². The molecule has 156 valence electrons. The number of rotatable bonds is 5. The topological polar surface area (TPSA) is 75.3 Å². The van der Waals surface area contributed by atoms with E-state index in [0.29, 0.717) is 16.9 Å². The SMILES string of the molecule is CC(C)(C)c1ccc(C(=O)Nc2ccc(S(=O)(=O)Nc3ccc(Br)cc3)cc2)cc1. The van der Waals surface area contributed by atoms with Crippen molar-refractivity contribution in [3.8, 4) is 0 Å². The monoisotopic (exact) mass is 486 g/mol. The van der Waals surface area contributed by atoms with Crippen molar-refractivity contribution in [3.05, 3.63) is 88.4 Å². The Hall–Kier alpha value is -2.64. The summed E-state index contributed by atoms with van der Waals surface area (Å²) in [5.41, 5.74) is 2.68. The fourth-order valence-corrected chi connectivity index (χ4v) is 4.10. The smallest absolute Gasteiger partial charge is 0.261 e. The van der Waals surface area contributed by atoms with Gasteiger partial charge in [-0.25, -0.2) is 8.42 Å². The van der Waals surface area contributed by atoms with Gasteiger partial charge in [0.25, 0.3) is 15.9 Å². The molecule has 1 amide bonds. The molecule has 3 aromatic carbocycles. The maximum absolute atomic E-state index is 12.5. The predicted octanol–water partition coefficient (Wildman–Crippen LogP) is 5.80. The molecule has 2 N–H and O–H groups in total. The highest BCUT2D eigenvalue weighted by molar-refractivity contribution is 9.10. The molecule has 3 rings (SSSR count). The number of carbonyl (C=O) groups is 1. The number of carbonyl (C=O) groups excluding carboxylic acids is 1. The van der Waals surface area contributed by atoms with Gasteiger partial charge in [-0.2, -0.15) is 0 Å². The molecule has 0 heterocycles. The summed E-state index contributed by atoms with van der Waals surface area (Å²) in [5.74, 6) is -0.251. The van der Waals surface area contributed by atoms with Gasteiger partial charge in [-0.1, -0.05) is 48.8 Å². The third-order valence-electron chi connectivity index (χ3n) is 4.53. The Bertz CT molecular complexity index is 1130. The van der Waals surface area contributed by atoms with Crippen molar-refractivity contribution < 1.29 is 13.2 Å². The van der Waals surface area contributed by atoms with E-state index in [1.807, 2.05) is 12.1 Å². The van der Waals surface area contributed by atoms with Crippen molar-refractivity contribution in [2.45, 2.75) is 31.1 Å². The van der Waals surface area contributed by atoms with E-state index in [1.165, 1.54) is 12.1 Å². The quantitative estimate of drug-likeness (QED) is 0.478. The third-order valence-corrected chi connectivity index (χ3v) is 6.46. The van der Waals surface area contributed by atoms with Gasteiger partial charge in [0.05, 0.1) is 4.90 Å². The van der Waals surface area contributed by atoms with Gasteiger partial charge in [-0.15, -0.1) is 0 Å². The average Bonchev–Trinajstić information content (AvgIpc) is 2.69. The molecule has 0 aliphatic heterocycles. The highest BCUT2D eigenvalue weighted by Gasteiger charge is 2.16. The van der Waals surface area contributed by atoms with Crippen LogP contribution in [0.3, 0.4) is 0 Å². The fraction of sp³-hybridized carbons (Fsp3) is 0.174. The van der Waals surface area contributed by atoms with E-state index < -0.39 is 10.0 Å². The van der Waals surface area contributed by atoms with Crippen LogP contribution in [0.1, 0.15) is 36.7 Å². The molecule has 0 atom stereocenters. The molecule has 0 saturated heterocycles. The molecule has 0 saturated carbocycles. The lowest BCUT2D eigenvalue weighted by molar-refractivity contribution is 0.102. The Morgan fingerprint density at radius 3 is 1.87 bits per heavy atom. The van der Waals surface area contributed by atoms with E-state index in [4.69, 9.17) is 0 Å². The Morgan fingerprint density at radius 1 is 0.800 bits per heavy atom. The van der Waals surface area contributed by atoms with Crippen LogP contribution in [0.25, 0.3) is 0 Å². The predicted molar refractivity (Wildman–Crippen MR) is 124 cm³/mol. The Morgan fingerprint density at radius 2 is 1.33 bits per heavy atom. The first kappa shape index (κ1) is 22.1. The van der Waals surface area contributed by atoms with E-state index in [-0.39, 0.29) is 16.2 Å². The van der Waals surface area contributed by atoms with E-state index >= 15 is 0 Å². The van der Waals surface area contributed by atoms with Crippen LogP contribution in [0.2, 0.25) is 0 Å². The number of hydrogen-bond acceptors (Lipinski definition) is 3. The molecule has 0 aliphatic carbocycles. The van der Waals surface area contributed by atoms with E-state index in [2.05, 4.69) is 46.7 Å². The number of benzene rings is 3. The maximum atomic E-state index is 12.5. The molecule has 30 heavy (non-hydrogen) atoms. The zero-order chi connectivity index (χ0) is 21.9. The number of hydrogen-bond donors (Lipinski definition) is 2. The Kier molecular flexibility index (Phi) is 6.33. The fourth-order valence-electron chi connectivity index (χ4n) is 2.77. The van der Waals surface area contributed by atoms with Gasteiger partial charge in [0.1, 0.15) is 0 Å². The minimum absolute atomic E-state index is 0.0145. The van der Waals surface area contributed by atoms with Crippen molar-refractivity contribution in [2.24, 2.45) is 0 Å². The average molecular weight is 487 g/mol. The van der Waals surface area contributed by atoms with Crippen molar-refractivity contribution >= 4 is 43.2 Å². The summed E-state index contributed by atoms with van der Waals surface area (Å²) in [7, 11) is -3.72. The van der Waals surface area contributed by atoms with Crippen LogP contribution in [0, 0.1) is 0 Å². The largest absolute Gasteiger partial charge is 0.322 e. The molecule has 7 heteroatoms. The van der Waals surface area contributed by atoms with Crippen molar-refractivity contribution in [3.63, 3.8) is 0 Å². The van der Waals surface area contributed by atoms with Gasteiger partial charge in [0.15, 0.2) is 0 Å². The van der Waals surface area contributed by atoms with Crippen molar-refractivity contribution in [2.75, 3.05) is 10.0 Å². The number of amides is 1. The molecule has 0 spiro atoms. The van der Waals surface area contributed by atoms with Crippen molar-refractivity contribution in [1.29, 1.82) is 0 Å². The molecule has 3 aromatic rings. The van der Waals surface area contributed by atoms with E-state index in [0.717, 1.165) is 10.0 Å². The second kappa shape index (κ2) is 8.62.